The fourth-order valence-electron chi connectivity index (χ4n) is 2.23. The molecule has 0 fully saturated rings. The number of ether oxygens (including phenoxy) is 1. The van der Waals surface area contributed by atoms with Crippen LogP contribution < -0.4 is 10.5 Å². The van der Waals surface area contributed by atoms with Gasteiger partial charge in [0.25, 0.3) is 0 Å². The van der Waals surface area contributed by atoms with Crippen molar-refractivity contribution in [2.24, 2.45) is 5.73 Å². The van der Waals surface area contributed by atoms with Crippen molar-refractivity contribution in [3.05, 3.63) is 59.2 Å². The molecule has 2 aromatic carbocycles. The molecule has 0 heterocycles. The van der Waals surface area contributed by atoms with Crippen LogP contribution in [0.3, 0.4) is 0 Å². The Hall–Kier alpha value is -1.80. The monoisotopic (exact) mass is 255 g/mol. The van der Waals surface area contributed by atoms with Crippen LogP contribution in [0.25, 0.3) is 0 Å². The van der Waals surface area contributed by atoms with Crippen LogP contribution in [0.15, 0.2) is 42.5 Å². The van der Waals surface area contributed by atoms with Crippen LogP contribution in [0.1, 0.15) is 36.5 Å². The zero-order chi connectivity index (χ0) is 13.8. The van der Waals surface area contributed by atoms with E-state index in [9.17, 15) is 0 Å². The van der Waals surface area contributed by atoms with E-state index in [4.69, 9.17) is 10.5 Å². The lowest BCUT2D eigenvalue weighted by Gasteiger charge is -2.12. The third-order valence-electron chi connectivity index (χ3n) is 3.23. The molecule has 2 nitrogen and oxygen atoms in total. The highest BCUT2D eigenvalue weighted by Gasteiger charge is 2.05. The summed E-state index contributed by atoms with van der Waals surface area (Å²) in [5, 5.41) is 0. The standard InChI is InChI=1S/C17H21NO/c1-12(2)17-8-7-16(9-13(17)3)19-15-6-4-5-14(10-15)11-18/h4-10,12H,11,18H2,1-3H3. The molecule has 0 amide bonds. The first-order valence-corrected chi connectivity index (χ1v) is 6.67. The molecule has 19 heavy (non-hydrogen) atoms. The Morgan fingerprint density at radius 1 is 1.05 bits per heavy atom. The van der Waals surface area contributed by atoms with Gasteiger partial charge >= 0.3 is 0 Å². The minimum atomic E-state index is 0.530. The molecule has 0 aliphatic rings. The summed E-state index contributed by atoms with van der Waals surface area (Å²) in [6.07, 6.45) is 0. The van der Waals surface area contributed by atoms with Crippen molar-refractivity contribution in [1.82, 2.24) is 0 Å². The second-order valence-electron chi connectivity index (χ2n) is 5.13. The molecule has 2 aromatic rings. The topological polar surface area (TPSA) is 35.2 Å². The van der Waals surface area contributed by atoms with Gasteiger partial charge in [-0.05, 0) is 53.8 Å². The highest BCUT2D eigenvalue weighted by Crippen LogP contribution is 2.27. The van der Waals surface area contributed by atoms with Gasteiger partial charge in [0, 0.05) is 6.54 Å². The lowest BCUT2D eigenvalue weighted by atomic mass is 9.98. The molecule has 0 aromatic heterocycles. The first-order valence-electron chi connectivity index (χ1n) is 6.67. The molecular weight excluding hydrogens is 234 g/mol. The van der Waals surface area contributed by atoms with Crippen molar-refractivity contribution in [2.75, 3.05) is 0 Å². The van der Waals surface area contributed by atoms with Gasteiger partial charge in [-0.15, -0.1) is 0 Å². The summed E-state index contributed by atoms with van der Waals surface area (Å²) >= 11 is 0. The Morgan fingerprint density at radius 3 is 2.42 bits per heavy atom. The highest BCUT2D eigenvalue weighted by molar-refractivity contribution is 5.39. The summed E-state index contributed by atoms with van der Waals surface area (Å²) < 4.78 is 5.88. The molecular formula is C17H21NO. The molecule has 0 saturated carbocycles. The lowest BCUT2D eigenvalue weighted by molar-refractivity contribution is 0.481. The summed E-state index contributed by atoms with van der Waals surface area (Å²) in [4.78, 5) is 0. The third-order valence-corrected chi connectivity index (χ3v) is 3.23. The Labute approximate surface area is 115 Å². The fourth-order valence-corrected chi connectivity index (χ4v) is 2.23. The van der Waals surface area contributed by atoms with Gasteiger partial charge in [-0.2, -0.15) is 0 Å². The van der Waals surface area contributed by atoms with Gasteiger partial charge in [-0.1, -0.05) is 32.0 Å². The molecule has 0 atom stereocenters. The van der Waals surface area contributed by atoms with E-state index < -0.39 is 0 Å². The predicted octanol–water partition coefficient (Wildman–Crippen LogP) is 4.37. The van der Waals surface area contributed by atoms with Gasteiger partial charge in [-0.25, -0.2) is 0 Å². The predicted molar refractivity (Wildman–Crippen MR) is 79.7 cm³/mol. The summed E-state index contributed by atoms with van der Waals surface area (Å²) in [6.45, 7) is 7.06. The lowest BCUT2D eigenvalue weighted by Crippen LogP contribution is -1.96. The van der Waals surface area contributed by atoms with E-state index in [1.165, 1.54) is 11.1 Å². The van der Waals surface area contributed by atoms with Crippen LogP contribution in [0.4, 0.5) is 0 Å². The minimum Gasteiger partial charge on any atom is -0.457 e. The summed E-state index contributed by atoms with van der Waals surface area (Å²) in [5.41, 5.74) is 9.34. The molecule has 0 aliphatic carbocycles. The molecule has 0 radical (unpaired) electrons. The highest BCUT2D eigenvalue weighted by atomic mass is 16.5. The number of rotatable bonds is 4. The maximum absolute atomic E-state index is 5.88. The Kier molecular flexibility index (Phi) is 4.23. The quantitative estimate of drug-likeness (QED) is 0.880. The van der Waals surface area contributed by atoms with Gasteiger partial charge in [0.15, 0.2) is 0 Å². The third kappa shape index (κ3) is 3.36. The zero-order valence-corrected chi connectivity index (χ0v) is 11.8. The van der Waals surface area contributed by atoms with Crippen LogP contribution in [0.2, 0.25) is 0 Å². The van der Waals surface area contributed by atoms with Gasteiger partial charge in [0.1, 0.15) is 11.5 Å². The average Bonchev–Trinajstić information content (AvgIpc) is 2.38. The number of nitrogens with two attached hydrogens (primary N) is 1. The number of aryl methyl sites for hydroxylation is 1. The van der Waals surface area contributed by atoms with E-state index in [-0.39, 0.29) is 0 Å². The van der Waals surface area contributed by atoms with Crippen molar-refractivity contribution in [3.63, 3.8) is 0 Å². The normalized spacial score (nSPS) is 10.8. The van der Waals surface area contributed by atoms with Crippen molar-refractivity contribution in [2.45, 2.75) is 33.2 Å². The zero-order valence-electron chi connectivity index (χ0n) is 11.8. The minimum absolute atomic E-state index is 0.530. The van der Waals surface area contributed by atoms with Gasteiger partial charge in [0.05, 0.1) is 0 Å². The van der Waals surface area contributed by atoms with Gasteiger partial charge < -0.3 is 10.5 Å². The first kappa shape index (κ1) is 13.6. The van der Waals surface area contributed by atoms with Crippen molar-refractivity contribution < 1.29 is 4.74 Å². The number of hydrogen-bond acceptors (Lipinski definition) is 2. The van der Waals surface area contributed by atoms with Crippen molar-refractivity contribution in [3.8, 4) is 11.5 Å². The first-order chi connectivity index (χ1) is 9.10. The SMILES string of the molecule is Cc1cc(Oc2cccc(CN)c2)ccc1C(C)C. The van der Waals surface area contributed by atoms with E-state index in [0.29, 0.717) is 12.5 Å². The molecule has 0 bridgehead atoms. The molecule has 0 spiro atoms. The van der Waals surface area contributed by atoms with E-state index >= 15 is 0 Å². The molecule has 0 unspecified atom stereocenters. The van der Waals surface area contributed by atoms with E-state index in [0.717, 1.165) is 17.1 Å². The summed E-state index contributed by atoms with van der Waals surface area (Å²) in [6, 6.07) is 14.1. The number of benzene rings is 2. The number of hydrogen-bond donors (Lipinski definition) is 1. The second-order valence-corrected chi connectivity index (χ2v) is 5.13. The van der Waals surface area contributed by atoms with Crippen molar-refractivity contribution in [1.29, 1.82) is 0 Å². The molecule has 2 heteroatoms. The Bertz CT molecular complexity index is 561. The van der Waals surface area contributed by atoms with Gasteiger partial charge in [-0.3, -0.25) is 0 Å². The molecule has 0 saturated heterocycles. The Balaban J connectivity index is 2.21. The molecule has 0 aliphatic heterocycles. The average molecular weight is 255 g/mol. The fraction of sp³-hybridized carbons (Fsp3) is 0.294. The molecule has 100 valence electrons. The molecule has 2 N–H and O–H groups in total. The molecule has 2 rings (SSSR count). The van der Waals surface area contributed by atoms with Crippen LogP contribution in [-0.2, 0) is 6.54 Å². The maximum Gasteiger partial charge on any atom is 0.127 e. The van der Waals surface area contributed by atoms with Gasteiger partial charge in [0.2, 0.25) is 0 Å². The van der Waals surface area contributed by atoms with Crippen LogP contribution >= 0.6 is 0 Å². The van der Waals surface area contributed by atoms with E-state index in [2.05, 4.69) is 32.9 Å². The smallest absolute Gasteiger partial charge is 0.127 e. The van der Waals surface area contributed by atoms with Crippen LogP contribution in [0.5, 0.6) is 11.5 Å². The second kappa shape index (κ2) is 5.89. The van der Waals surface area contributed by atoms with E-state index in [1.807, 2.05) is 30.3 Å². The summed E-state index contributed by atoms with van der Waals surface area (Å²) in [5.74, 6) is 2.24. The summed E-state index contributed by atoms with van der Waals surface area (Å²) in [7, 11) is 0. The van der Waals surface area contributed by atoms with Crippen LogP contribution in [-0.4, -0.2) is 0 Å². The van der Waals surface area contributed by atoms with Crippen molar-refractivity contribution >= 4 is 0 Å². The maximum atomic E-state index is 5.88. The Morgan fingerprint density at radius 2 is 1.79 bits per heavy atom. The largest absolute Gasteiger partial charge is 0.457 e. The van der Waals surface area contributed by atoms with E-state index in [1.54, 1.807) is 0 Å². The van der Waals surface area contributed by atoms with Crippen LogP contribution in [0, 0.1) is 6.92 Å².